The van der Waals surface area contributed by atoms with Crippen LogP contribution in [0.5, 0.6) is 0 Å². The second kappa shape index (κ2) is 5.59. The van der Waals surface area contributed by atoms with Gasteiger partial charge in [-0.25, -0.2) is 0 Å². The van der Waals surface area contributed by atoms with Crippen molar-refractivity contribution in [1.82, 2.24) is 0 Å². The van der Waals surface area contributed by atoms with Crippen molar-refractivity contribution >= 4 is 0 Å². The van der Waals surface area contributed by atoms with Crippen molar-refractivity contribution in [1.29, 1.82) is 0 Å². The summed E-state index contributed by atoms with van der Waals surface area (Å²) in [5.41, 5.74) is 0.0263. The van der Waals surface area contributed by atoms with Gasteiger partial charge in [-0.15, -0.1) is 0 Å². The highest BCUT2D eigenvalue weighted by molar-refractivity contribution is 5.10. The predicted molar refractivity (Wildman–Crippen MR) is 95.3 cm³/mol. The number of hydrogen-bond donors (Lipinski definition) is 1. The van der Waals surface area contributed by atoms with Gasteiger partial charge in [0.25, 0.3) is 0 Å². The van der Waals surface area contributed by atoms with E-state index in [4.69, 9.17) is 4.74 Å². The molecule has 132 valence electrons. The van der Waals surface area contributed by atoms with Gasteiger partial charge in [0.1, 0.15) is 0 Å². The van der Waals surface area contributed by atoms with Crippen LogP contribution in [0.25, 0.3) is 0 Å². The van der Waals surface area contributed by atoms with Gasteiger partial charge in [0.15, 0.2) is 0 Å². The number of ether oxygens (including phenoxy) is 1. The van der Waals surface area contributed by atoms with E-state index in [1.165, 1.54) is 25.7 Å². The maximum absolute atomic E-state index is 11.2. The number of hydrogen-bond acceptors (Lipinski definition) is 2. The third kappa shape index (κ3) is 3.02. The Hall–Kier alpha value is -0.340. The minimum Gasteiger partial charge on any atom is -0.390 e. The standard InChI is InChI=1S/C21H36O2/c1-18(2)10-6-12-20(4)16(18)9-14-21(5,22)17(20)8-13-19(3)11-7-15-23-19/h7,11,16-17,22H,6,8-10,12-15H2,1-5H3/t16-,17+,19-,20-,21+/m0/s1. The summed E-state index contributed by atoms with van der Waals surface area (Å²) >= 11 is 0. The fourth-order valence-corrected chi connectivity index (χ4v) is 6.44. The summed E-state index contributed by atoms with van der Waals surface area (Å²) in [4.78, 5) is 0. The Kier molecular flexibility index (Phi) is 4.25. The SMILES string of the molecule is CC1(C)CCC[C@]2(C)[C@@H](CC[C@]3(C)C=CCO3)[C@](C)(O)CC[C@@H]12. The highest BCUT2D eigenvalue weighted by atomic mass is 16.5. The third-order valence-corrected chi connectivity index (χ3v) is 7.67. The van der Waals surface area contributed by atoms with Gasteiger partial charge in [0.2, 0.25) is 0 Å². The molecule has 1 aliphatic heterocycles. The molecule has 2 aliphatic carbocycles. The molecular weight excluding hydrogens is 284 g/mol. The molecule has 5 atom stereocenters. The van der Waals surface area contributed by atoms with Crippen molar-refractivity contribution in [3.8, 4) is 0 Å². The molecule has 0 aromatic heterocycles. The monoisotopic (exact) mass is 320 g/mol. The van der Waals surface area contributed by atoms with E-state index in [2.05, 4.69) is 46.8 Å². The second-order valence-corrected chi connectivity index (χ2v) is 9.91. The third-order valence-electron chi connectivity index (χ3n) is 7.67. The summed E-state index contributed by atoms with van der Waals surface area (Å²) in [7, 11) is 0. The molecule has 0 amide bonds. The normalized spacial score (nSPS) is 49.1. The van der Waals surface area contributed by atoms with Crippen molar-refractivity contribution in [3.63, 3.8) is 0 Å². The van der Waals surface area contributed by atoms with Gasteiger partial charge in [-0.1, -0.05) is 39.3 Å². The Morgan fingerprint density at radius 1 is 1.09 bits per heavy atom. The fraction of sp³-hybridized carbons (Fsp3) is 0.905. The van der Waals surface area contributed by atoms with Crippen LogP contribution in [-0.2, 0) is 4.74 Å². The van der Waals surface area contributed by atoms with Gasteiger partial charge in [-0.05, 0) is 75.0 Å². The van der Waals surface area contributed by atoms with Gasteiger partial charge in [0, 0.05) is 0 Å². The molecule has 0 bridgehead atoms. The zero-order chi connectivity index (χ0) is 16.9. The summed E-state index contributed by atoms with van der Waals surface area (Å²) in [5.74, 6) is 1.12. The summed E-state index contributed by atoms with van der Waals surface area (Å²) < 4.78 is 5.92. The topological polar surface area (TPSA) is 29.5 Å². The van der Waals surface area contributed by atoms with Crippen molar-refractivity contribution in [3.05, 3.63) is 12.2 Å². The molecular formula is C21H36O2. The Morgan fingerprint density at radius 2 is 1.83 bits per heavy atom. The first-order valence-corrected chi connectivity index (χ1v) is 9.63. The molecule has 2 heteroatoms. The van der Waals surface area contributed by atoms with Crippen LogP contribution >= 0.6 is 0 Å². The maximum Gasteiger partial charge on any atom is 0.0839 e. The molecule has 0 spiro atoms. The van der Waals surface area contributed by atoms with E-state index in [0.717, 1.165) is 31.8 Å². The van der Waals surface area contributed by atoms with E-state index in [9.17, 15) is 5.11 Å². The molecule has 2 nitrogen and oxygen atoms in total. The van der Waals surface area contributed by atoms with Crippen LogP contribution in [0.3, 0.4) is 0 Å². The first-order chi connectivity index (χ1) is 10.6. The van der Waals surface area contributed by atoms with Crippen LogP contribution in [0.4, 0.5) is 0 Å². The van der Waals surface area contributed by atoms with E-state index in [1.54, 1.807) is 0 Å². The van der Waals surface area contributed by atoms with E-state index in [-0.39, 0.29) is 11.0 Å². The summed E-state index contributed by atoms with van der Waals surface area (Å²) in [5, 5.41) is 11.2. The minimum atomic E-state index is -0.530. The van der Waals surface area contributed by atoms with Crippen LogP contribution in [0.15, 0.2) is 12.2 Å². The van der Waals surface area contributed by atoms with Crippen molar-refractivity contribution in [2.24, 2.45) is 22.7 Å². The van der Waals surface area contributed by atoms with Crippen LogP contribution in [0.2, 0.25) is 0 Å². The number of aliphatic hydroxyl groups is 1. The quantitative estimate of drug-likeness (QED) is 0.733. The average Bonchev–Trinajstić information content (AvgIpc) is 2.83. The molecule has 0 aromatic rings. The lowest BCUT2D eigenvalue weighted by molar-refractivity contribution is -0.172. The van der Waals surface area contributed by atoms with E-state index >= 15 is 0 Å². The van der Waals surface area contributed by atoms with Gasteiger partial charge in [-0.2, -0.15) is 0 Å². The average molecular weight is 321 g/mol. The van der Waals surface area contributed by atoms with Gasteiger partial charge in [-0.3, -0.25) is 0 Å². The van der Waals surface area contributed by atoms with Crippen molar-refractivity contribution in [2.75, 3.05) is 6.61 Å². The van der Waals surface area contributed by atoms with Gasteiger partial charge in [0.05, 0.1) is 17.8 Å². The smallest absolute Gasteiger partial charge is 0.0839 e. The van der Waals surface area contributed by atoms with Crippen LogP contribution in [0, 0.1) is 22.7 Å². The van der Waals surface area contributed by atoms with Crippen molar-refractivity contribution < 1.29 is 9.84 Å². The summed E-state index contributed by atoms with van der Waals surface area (Å²) in [6.07, 6.45) is 12.5. The first kappa shape index (κ1) is 17.5. The predicted octanol–water partition coefficient (Wildman–Crippen LogP) is 5.11. The molecule has 3 aliphatic rings. The first-order valence-electron chi connectivity index (χ1n) is 9.63. The Bertz CT molecular complexity index is 478. The van der Waals surface area contributed by atoms with E-state index in [0.29, 0.717) is 11.3 Å². The fourth-order valence-electron chi connectivity index (χ4n) is 6.44. The number of fused-ring (bicyclic) bond motifs is 1. The highest BCUT2D eigenvalue weighted by Crippen LogP contribution is 2.63. The van der Waals surface area contributed by atoms with E-state index < -0.39 is 5.60 Å². The molecule has 1 N–H and O–H groups in total. The zero-order valence-corrected chi connectivity index (χ0v) is 15.8. The minimum absolute atomic E-state index is 0.121. The zero-order valence-electron chi connectivity index (χ0n) is 15.8. The molecule has 0 aromatic carbocycles. The van der Waals surface area contributed by atoms with Crippen LogP contribution in [0.1, 0.15) is 79.6 Å². The lowest BCUT2D eigenvalue weighted by Crippen LogP contribution is -2.57. The van der Waals surface area contributed by atoms with E-state index in [1.807, 2.05) is 0 Å². The molecule has 0 radical (unpaired) electrons. The largest absolute Gasteiger partial charge is 0.390 e. The lowest BCUT2D eigenvalue weighted by atomic mass is 9.45. The molecule has 23 heavy (non-hydrogen) atoms. The Balaban J connectivity index is 1.83. The van der Waals surface area contributed by atoms with Gasteiger partial charge >= 0.3 is 0 Å². The summed E-state index contributed by atoms with van der Waals surface area (Å²) in [6, 6.07) is 0. The molecule has 3 rings (SSSR count). The summed E-state index contributed by atoms with van der Waals surface area (Å²) in [6.45, 7) is 12.4. The molecule has 2 fully saturated rings. The van der Waals surface area contributed by atoms with Gasteiger partial charge < -0.3 is 9.84 Å². The lowest BCUT2D eigenvalue weighted by Gasteiger charge is -2.61. The number of rotatable bonds is 3. The van der Waals surface area contributed by atoms with Crippen molar-refractivity contribution in [2.45, 2.75) is 90.8 Å². The molecule has 0 saturated heterocycles. The highest BCUT2D eigenvalue weighted by Gasteiger charge is 2.57. The van der Waals surface area contributed by atoms with Crippen LogP contribution < -0.4 is 0 Å². The second-order valence-electron chi connectivity index (χ2n) is 9.91. The van der Waals surface area contributed by atoms with Crippen LogP contribution in [-0.4, -0.2) is 22.9 Å². The molecule has 1 heterocycles. The Morgan fingerprint density at radius 3 is 2.48 bits per heavy atom. The Labute approximate surface area is 142 Å². The molecule has 0 unspecified atom stereocenters. The molecule has 2 saturated carbocycles. The maximum atomic E-state index is 11.2.